The lowest BCUT2D eigenvalue weighted by molar-refractivity contribution is -0.133. The first-order chi connectivity index (χ1) is 11.4. The quantitative estimate of drug-likeness (QED) is 0.729. The van der Waals surface area contributed by atoms with Crippen LogP contribution in [0.2, 0.25) is 0 Å². The zero-order valence-corrected chi connectivity index (χ0v) is 14.5. The van der Waals surface area contributed by atoms with Gasteiger partial charge in [-0.15, -0.1) is 6.58 Å². The van der Waals surface area contributed by atoms with Crippen LogP contribution in [-0.2, 0) is 4.79 Å². The highest BCUT2D eigenvalue weighted by atomic mass is 16.1. The van der Waals surface area contributed by atoms with Crippen LogP contribution in [0.25, 0.3) is 0 Å². The van der Waals surface area contributed by atoms with Crippen molar-refractivity contribution < 1.29 is 4.79 Å². The van der Waals surface area contributed by atoms with Crippen molar-refractivity contribution in [3.8, 4) is 12.1 Å². The van der Waals surface area contributed by atoms with E-state index in [1.54, 1.807) is 6.08 Å². The molecule has 0 saturated heterocycles. The Bertz CT molecular complexity index is 691. The van der Waals surface area contributed by atoms with Gasteiger partial charge >= 0.3 is 0 Å². The van der Waals surface area contributed by atoms with Crippen LogP contribution in [0.4, 0.5) is 0 Å². The van der Waals surface area contributed by atoms with Gasteiger partial charge in [-0.1, -0.05) is 49.2 Å². The number of aryl methyl sites for hydroxylation is 1. The van der Waals surface area contributed by atoms with Gasteiger partial charge in [0.25, 0.3) is 0 Å². The summed E-state index contributed by atoms with van der Waals surface area (Å²) >= 11 is 0. The second-order valence-electron chi connectivity index (χ2n) is 7.08. The Balaban J connectivity index is 2.68. The molecule has 1 aliphatic carbocycles. The number of nitrogens with zero attached hydrogens (tertiary/aromatic N) is 2. The number of allylic oxidation sites excluding steroid dienone is 1. The van der Waals surface area contributed by atoms with Crippen LogP contribution < -0.4 is 0 Å². The molecule has 1 aromatic carbocycles. The van der Waals surface area contributed by atoms with E-state index in [0.29, 0.717) is 12.8 Å². The van der Waals surface area contributed by atoms with Crippen molar-refractivity contribution in [3.05, 3.63) is 48.0 Å². The van der Waals surface area contributed by atoms with Crippen LogP contribution in [0, 0.1) is 40.4 Å². The maximum Gasteiger partial charge on any atom is 0.154 e. The Hall–Kier alpha value is -2.39. The van der Waals surface area contributed by atoms with E-state index in [1.165, 1.54) is 0 Å². The fourth-order valence-corrected chi connectivity index (χ4v) is 4.05. The molecular formula is C21H24N2O. The van der Waals surface area contributed by atoms with Crippen LogP contribution in [0.1, 0.15) is 56.1 Å². The third kappa shape index (κ3) is 3.00. The Kier molecular flexibility index (Phi) is 5.25. The average Bonchev–Trinajstić information content (AvgIpc) is 2.59. The van der Waals surface area contributed by atoms with E-state index in [4.69, 9.17) is 0 Å². The molecule has 0 amide bonds. The van der Waals surface area contributed by atoms with Gasteiger partial charge in [-0.05, 0) is 31.7 Å². The van der Waals surface area contributed by atoms with E-state index in [1.807, 2.05) is 38.1 Å². The van der Waals surface area contributed by atoms with E-state index >= 15 is 0 Å². The van der Waals surface area contributed by atoms with Crippen LogP contribution in [0.5, 0.6) is 0 Å². The summed E-state index contributed by atoms with van der Waals surface area (Å²) in [5, 5.41) is 19.8. The summed E-state index contributed by atoms with van der Waals surface area (Å²) in [6.45, 7) is 7.67. The molecule has 0 aliphatic heterocycles. The molecule has 124 valence electrons. The molecule has 0 spiro atoms. The summed E-state index contributed by atoms with van der Waals surface area (Å²) < 4.78 is 0. The first-order valence-corrected chi connectivity index (χ1v) is 8.47. The van der Waals surface area contributed by atoms with Gasteiger partial charge in [0.15, 0.2) is 5.41 Å². The van der Waals surface area contributed by atoms with E-state index in [0.717, 1.165) is 24.0 Å². The Morgan fingerprint density at radius 3 is 2.42 bits per heavy atom. The summed E-state index contributed by atoms with van der Waals surface area (Å²) in [7, 11) is 0. The van der Waals surface area contributed by atoms with Crippen molar-refractivity contribution in [3.63, 3.8) is 0 Å². The van der Waals surface area contributed by atoms with Gasteiger partial charge in [-0.3, -0.25) is 4.79 Å². The minimum atomic E-state index is -1.28. The predicted molar refractivity (Wildman–Crippen MR) is 94.0 cm³/mol. The Morgan fingerprint density at radius 1 is 1.29 bits per heavy atom. The summed E-state index contributed by atoms with van der Waals surface area (Å²) in [5.74, 6) is -0.287. The zero-order valence-electron chi connectivity index (χ0n) is 14.5. The maximum atomic E-state index is 12.8. The van der Waals surface area contributed by atoms with Gasteiger partial charge in [0.1, 0.15) is 5.78 Å². The largest absolute Gasteiger partial charge is 0.299 e. The van der Waals surface area contributed by atoms with E-state index in [-0.39, 0.29) is 12.2 Å². The number of carbonyl (C=O) groups is 1. The summed E-state index contributed by atoms with van der Waals surface area (Å²) in [6.07, 6.45) is 4.95. The molecular weight excluding hydrogens is 296 g/mol. The number of Topliss-reactive ketones (excluding diaryl/α,β-unsaturated/α-hetero) is 1. The highest BCUT2D eigenvalue weighted by molar-refractivity contribution is 5.86. The second kappa shape index (κ2) is 7.02. The van der Waals surface area contributed by atoms with Crippen molar-refractivity contribution in [2.75, 3.05) is 0 Å². The number of hydrogen-bond acceptors (Lipinski definition) is 3. The minimum absolute atomic E-state index is 0.165. The number of nitriles is 2. The van der Waals surface area contributed by atoms with E-state index in [2.05, 4.69) is 18.7 Å². The molecule has 0 bridgehead atoms. The second-order valence-corrected chi connectivity index (χ2v) is 7.08. The van der Waals surface area contributed by atoms with Gasteiger partial charge in [0.05, 0.1) is 12.1 Å². The molecule has 0 unspecified atom stereocenters. The smallest absolute Gasteiger partial charge is 0.154 e. The topological polar surface area (TPSA) is 64.7 Å². The predicted octanol–water partition coefficient (Wildman–Crippen LogP) is 4.84. The number of carbonyl (C=O) groups excluding carboxylic acids is 1. The molecule has 3 nitrogen and oxygen atoms in total. The molecule has 24 heavy (non-hydrogen) atoms. The molecule has 1 fully saturated rings. The monoisotopic (exact) mass is 320 g/mol. The van der Waals surface area contributed by atoms with Crippen LogP contribution >= 0.6 is 0 Å². The molecule has 0 aromatic heterocycles. The van der Waals surface area contributed by atoms with E-state index < -0.39 is 16.7 Å². The van der Waals surface area contributed by atoms with Crippen molar-refractivity contribution in [2.24, 2.45) is 10.8 Å². The van der Waals surface area contributed by atoms with Gasteiger partial charge in [-0.25, -0.2) is 0 Å². The van der Waals surface area contributed by atoms with E-state index in [9.17, 15) is 15.3 Å². The number of rotatable bonds is 5. The summed E-state index contributed by atoms with van der Waals surface area (Å²) in [6, 6.07) is 12.3. The highest BCUT2D eigenvalue weighted by Gasteiger charge is 2.53. The molecule has 2 atom stereocenters. The molecule has 0 radical (unpaired) electrons. The average molecular weight is 320 g/mol. The number of hydrogen-bond donors (Lipinski definition) is 0. The van der Waals surface area contributed by atoms with Crippen LogP contribution in [0.3, 0.4) is 0 Å². The summed E-state index contributed by atoms with van der Waals surface area (Å²) in [4.78, 5) is 12.8. The Labute approximate surface area is 144 Å². The highest BCUT2D eigenvalue weighted by Crippen LogP contribution is 2.54. The third-order valence-electron chi connectivity index (χ3n) is 5.39. The molecule has 0 N–H and O–H groups in total. The summed E-state index contributed by atoms with van der Waals surface area (Å²) in [5.41, 5.74) is 0.0324. The number of ketones is 1. The Morgan fingerprint density at radius 2 is 1.92 bits per heavy atom. The van der Waals surface area contributed by atoms with Crippen LogP contribution in [-0.4, -0.2) is 5.78 Å². The lowest BCUT2D eigenvalue weighted by Crippen LogP contribution is -2.44. The van der Waals surface area contributed by atoms with Gasteiger partial charge in [0.2, 0.25) is 0 Å². The molecule has 1 aliphatic rings. The fraction of sp³-hybridized carbons (Fsp3) is 0.476. The molecule has 3 heteroatoms. The SMILES string of the molecule is C=CCC(C#N)(C#N)[C@@H](c1ccc(C)cc1)[C@@]1(C)CCCCC1=O. The lowest BCUT2D eigenvalue weighted by Gasteiger charge is -2.44. The lowest BCUT2D eigenvalue weighted by atomic mass is 9.55. The first kappa shape index (κ1) is 18.0. The van der Waals surface area contributed by atoms with Gasteiger partial charge in [0, 0.05) is 17.8 Å². The third-order valence-corrected chi connectivity index (χ3v) is 5.39. The van der Waals surface area contributed by atoms with Gasteiger partial charge in [-0.2, -0.15) is 10.5 Å². The van der Waals surface area contributed by atoms with Crippen molar-refractivity contribution in [1.82, 2.24) is 0 Å². The standard InChI is InChI=1S/C21H24N2O/c1-4-12-21(14-22,15-23)19(17-10-8-16(2)9-11-17)20(3)13-6-5-7-18(20)24/h4,8-11,19H,1,5-7,12-13H2,2-3H3/t19-,20-/m0/s1. The maximum absolute atomic E-state index is 12.8. The molecule has 0 heterocycles. The minimum Gasteiger partial charge on any atom is -0.299 e. The normalized spacial score (nSPS) is 22.2. The van der Waals surface area contributed by atoms with Crippen molar-refractivity contribution in [2.45, 2.75) is 51.9 Å². The van der Waals surface area contributed by atoms with Crippen molar-refractivity contribution in [1.29, 1.82) is 10.5 Å². The molecule has 2 rings (SSSR count). The fourth-order valence-electron chi connectivity index (χ4n) is 4.05. The zero-order chi connectivity index (χ0) is 17.8. The molecule has 1 aromatic rings. The first-order valence-electron chi connectivity index (χ1n) is 8.47. The van der Waals surface area contributed by atoms with Crippen LogP contribution in [0.15, 0.2) is 36.9 Å². The van der Waals surface area contributed by atoms with Crippen molar-refractivity contribution >= 4 is 5.78 Å². The number of benzene rings is 1. The van der Waals surface area contributed by atoms with Gasteiger partial charge < -0.3 is 0 Å². The molecule has 1 saturated carbocycles.